The zero-order valence-corrected chi connectivity index (χ0v) is 34.2. The fraction of sp³-hybridized carbons (Fsp3) is 0. The van der Waals surface area contributed by atoms with E-state index >= 15 is 0 Å². The molecule has 0 fully saturated rings. The Hall–Kier alpha value is -7.51. The highest BCUT2D eigenvalue weighted by Gasteiger charge is 2.21. The molecular weight excluding hydrogens is 781 g/mol. The second-order valence-corrected chi connectivity index (χ2v) is 17.6. The molecule has 61 heavy (non-hydrogen) atoms. The summed E-state index contributed by atoms with van der Waals surface area (Å²) in [6.45, 7) is 0. The van der Waals surface area contributed by atoms with Crippen LogP contribution in [0.25, 0.3) is 124 Å². The lowest BCUT2D eigenvalue weighted by molar-refractivity contribution is 1.08. The number of fused-ring (bicyclic) bond motifs is 11. The molecule has 0 spiro atoms. The second-order valence-electron chi connectivity index (χ2n) is 15.5. The molecule has 0 atom stereocenters. The van der Waals surface area contributed by atoms with E-state index in [0.29, 0.717) is 17.5 Å². The van der Waals surface area contributed by atoms with Gasteiger partial charge in [-0.3, -0.25) is 0 Å². The van der Waals surface area contributed by atoms with Crippen LogP contribution < -0.4 is 0 Å². The maximum absolute atomic E-state index is 5.31. The smallest absolute Gasteiger partial charge is 0.165 e. The van der Waals surface area contributed by atoms with Crippen LogP contribution in [-0.2, 0) is 0 Å². The average molecular weight is 813 g/mol. The lowest BCUT2D eigenvalue weighted by Crippen LogP contribution is -2.00. The van der Waals surface area contributed by atoms with Crippen LogP contribution in [0.5, 0.6) is 0 Å². The van der Waals surface area contributed by atoms with E-state index in [1.165, 1.54) is 79.5 Å². The number of nitrogens with zero attached hydrogens (tertiary/aromatic N) is 4. The van der Waals surface area contributed by atoms with Crippen LogP contribution in [0, 0.1) is 0 Å². The molecule has 0 amide bonds. The zero-order valence-electron chi connectivity index (χ0n) is 32.6. The van der Waals surface area contributed by atoms with E-state index in [-0.39, 0.29) is 0 Å². The molecule has 0 aliphatic rings. The maximum atomic E-state index is 5.31. The van der Waals surface area contributed by atoms with Gasteiger partial charge >= 0.3 is 0 Å². The van der Waals surface area contributed by atoms with Crippen molar-refractivity contribution in [3.63, 3.8) is 0 Å². The first-order valence-corrected chi connectivity index (χ1v) is 22.1. The van der Waals surface area contributed by atoms with Gasteiger partial charge in [-0.1, -0.05) is 158 Å². The fourth-order valence-corrected chi connectivity index (χ4v) is 11.7. The van der Waals surface area contributed by atoms with Crippen LogP contribution in [0.1, 0.15) is 0 Å². The molecule has 9 aromatic carbocycles. The first kappa shape index (κ1) is 34.4. The predicted molar refractivity (Wildman–Crippen MR) is 259 cm³/mol. The predicted octanol–water partition coefficient (Wildman–Crippen LogP) is 15.5. The minimum absolute atomic E-state index is 0.646. The fourth-order valence-electron chi connectivity index (χ4n) is 9.22. The molecule has 284 valence electrons. The third kappa shape index (κ3) is 5.39. The molecule has 0 bridgehead atoms. The van der Waals surface area contributed by atoms with Gasteiger partial charge in [0.2, 0.25) is 0 Å². The van der Waals surface area contributed by atoms with E-state index in [9.17, 15) is 0 Å². The number of hydrogen-bond donors (Lipinski definition) is 0. The van der Waals surface area contributed by atoms with Crippen LogP contribution in [-0.4, -0.2) is 19.5 Å². The third-order valence-electron chi connectivity index (χ3n) is 12.1. The topological polar surface area (TPSA) is 43.6 Å². The van der Waals surface area contributed by atoms with Gasteiger partial charge in [-0.25, -0.2) is 15.0 Å². The molecule has 4 nitrogen and oxygen atoms in total. The van der Waals surface area contributed by atoms with Gasteiger partial charge in [0.05, 0.1) is 21.4 Å². The Labute approximate surface area is 358 Å². The van der Waals surface area contributed by atoms with E-state index in [1.807, 2.05) is 17.4 Å². The summed E-state index contributed by atoms with van der Waals surface area (Å²) in [5, 5.41) is 9.97. The van der Waals surface area contributed by atoms with Gasteiger partial charge < -0.3 is 4.57 Å². The first-order valence-electron chi connectivity index (χ1n) is 20.4. The quantitative estimate of drug-likeness (QED) is 0.174. The van der Waals surface area contributed by atoms with Gasteiger partial charge in [-0.15, -0.1) is 22.7 Å². The van der Waals surface area contributed by atoms with Crippen molar-refractivity contribution >= 4 is 95.6 Å². The molecule has 0 saturated heterocycles. The third-order valence-corrected chi connectivity index (χ3v) is 14.5. The summed E-state index contributed by atoms with van der Waals surface area (Å²) >= 11 is 3.62. The van der Waals surface area contributed by atoms with Crippen molar-refractivity contribution in [3.05, 3.63) is 194 Å². The van der Waals surface area contributed by atoms with Gasteiger partial charge in [0.25, 0.3) is 0 Å². The molecule has 13 aromatic rings. The Bertz CT molecular complexity index is 3880. The normalized spacial score (nSPS) is 11.9. The van der Waals surface area contributed by atoms with Crippen LogP contribution in [0.3, 0.4) is 0 Å². The van der Waals surface area contributed by atoms with E-state index in [1.54, 1.807) is 11.3 Å². The number of aromatic nitrogens is 4. The minimum Gasteiger partial charge on any atom is -0.308 e. The largest absolute Gasteiger partial charge is 0.308 e. The summed E-state index contributed by atoms with van der Waals surface area (Å²) in [5.74, 6) is 1.96. The Morgan fingerprint density at radius 1 is 0.344 bits per heavy atom. The molecule has 0 unspecified atom stereocenters. The maximum Gasteiger partial charge on any atom is 0.165 e. The molecule has 6 heteroatoms. The number of thiophene rings is 2. The molecule has 0 radical (unpaired) electrons. The lowest BCUT2D eigenvalue weighted by atomic mass is 10.0. The Morgan fingerprint density at radius 3 is 1.84 bits per heavy atom. The van der Waals surface area contributed by atoms with Crippen molar-refractivity contribution in [2.75, 3.05) is 0 Å². The van der Waals surface area contributed by atoms with Crippen molar-refractivity contribution < 1.29 is 0 Å². The van der Waals surface area contributed by atoms with E-state index in [0.717, 1.165) is 27.0 Å². The number of rotatable bonds is 5. The highest BCUT2D eigenvalue weighted by molar-refractivity contribution is 7.27. The SMILES string of the molecule is c1ccc(-c2ccc(-c3nc(-c4ccc5c(c4)sc4ccccc45)nc(-c4cccc5c4sc4c(-n6c7ccccc7c7c8ccccc8ccc76)cccc45)n3)cc2)cc1. The van der Waals surface area contributed by atoms with E-state index in [2.05, 4.69) is 193 Å². The number of benzene rings is 9. The molecule has 0 N–H and O–H groups in total. The van der Waals surface area contributed by atoms with Crippen LogP contribution >= 0.6 is 22.7 Å². The number of para-hydroxylation sites is 1. The summed E-state index contributed by atoms with van der Waals surface area (Å²) in [5.41, 5.74) is 8.78. The second kappa shape index (κ2) is 13.5. The van der Waals surface area contributed by atoms with Crippen LogP contribution in [0.4, 0.5) is 0 Å². The lowest BCUT2D eigenvalue weighted by Gasteiger charge is -2.10. The Morgan fingerprint density at radius 2 is 0.967 bits per heavy atom. The van der Waals surface area contributed by atoms with Crippen LogP contribution in [0.2, 0.25) is 0 Å². The molecule has 4 heterocycles. The standard InChI is InChI=1S/C55H32N4S2/c1-2-12-33(13-3-1)34-24-26-36(27-25-34)53-56-54(37-28-30-40-39-16-7-9-23-48(39)60-49(40)32-37)58-55(57-53)44-20-10-18-41-42-19-11-22-47(52(42)61-51(41)44)59-45-21-8-6-17-43(45)50-38-15-5-4-14-35(38)29-31-46(50)59/h1-32H. The van der Waals surface area contributed by atoms with Crippen molar-refractivity contribution in [2.24, 2.45) is 0 Å². The monoisotopic (exact) mass is 812 g/mol. The van der Waals surface area contributed by atoms with E-state index in [4.69, 9.17) is 15.0 Å². The van der Waals surface area contributed by atoms with Crippen LogP contribution in [0.15, 0.2) is 194 Å². The number of hydrogen-bond acceptors (Lipinski definition) is 5. The summed E-state index contributed by atoms with van der Waals surface area (Å²) in [6, 6.07) is 69.6. The zero-order chi connectivity index (χ0) is 40.0. The van der Waals surface area contributed by atoms with Crippen molar-refractivity contribution in [1.29, 1.82) is 0 Å². The molecular formula is C55H32N4S2. The summed E-state index contributed by atoms with van der Waals surface area (Å²) < 4.78 is 7.32. The van der Waals surface area contributed by atoms with Gasteiger partial charge in [0.15, 0.2) is 17.5 Å². The highest BCUT2D eigenvalue weighted by atomic mass is 32.1. The van der Waals surface area contributed by atoms with Gasteiger partial charge in [0.1, 0.15) is 0 Å². The Kier molecular flexibility index (Phi) is 7.61. The molecule has 0 saturated carbocycles. The van der Waals surface area contributed by atoms with Crippen molar-refractivity contribution in [2.45, 2.75) is 0 Å². The first-order chi connectivity index (χ1) is 30.2. The molecule has 4 aromatic heterocycles. The molecule has 0 aliphatic carbocycles. The summed E-state index contributed by atoms with van der Waals surface area (Å²) in [7, 11) is 0. The molecule has 0 aliphatic heterocycles. The summed E-state index contributed by atoms with van der Waals surface area (Å²) in [6.07, 6.45) is 0. The van der Waals surface area contributed by atoms with Gasteiger partial charge in [-0.05, 0) is 58.3 Å². The highest BCUT2D eigenvalue weighted by Crippen LogP contribution is 2.45. The minimum atomic E-state index is 0.646. The summed E-state index contributed by atoms with van der Waals surface area (Å²) in [4.78, 5) is 15.8. The van der Waals surface area contributed by atoms with Crippen molar-refractivity contribution in [3.8, 4) is 51.0 Å². The van der Waals surface area contributed by atoms with Crippen molar-refractivity contribution in [1.82, 2.24) is 19.5 Å². The van der Waals surface area contributed by atoms with Gasteiger partial charge in [0, 0.05) is 63.1 Å². The average Bonchev–Trinajstić information content (AvgIpc) is 4.01. The van der Waals surface area contributed by atoms with Gasteiger partial charge in [-0.2, -0.15) is 0 Å². The molecule has 13 rings (SSSR count). The van der Waals surface area contributed by atoms with E-state index < -0.39 is 0 Å². The Balaban J connectivity index is 1.02.